The van der Waals surface area contributed by atoms with Crippen LogP contribution in [0.1, 0.15) is 5.82 Å². The number of para-hydroxylation sites is 1. The lowest BCUT2D eigenvalue weighted by atomic mass is 10.3. The number of nitrogens with zero attached hydrogens (tertiary/aromatic N) is 5. The van der Waals surface area contributed by atoms with Gasteiger partial charge in [-0.25, -0.2) is 13.1 Å². The van der Waals surface area contributed by atoms with Crippen LogP contribution in [0.3, 0.4) is 0 Å². The van der Waals surface area contributed by atoms with Crippen LogP contribution in [-0.2, 0) is 16.6 Å². The molecule has 0 bridgehead atoms. The zero-order valence-corrected chi connectivity index (χ0v) is 13.5. The second-order valence-corrected chi connectivity index (χ2v) is 6.68. The first-order chi connectivity index (χ1) is 12.0. The summed E-state index contributed by atoms with van der Waals surface area (Å²) in [6.07, 6.45) is 0. The van der Waals surface area contributed by atoms with Gasteiger partial charge in [-0.3, -0.25) is 10.1 Å². The molecule has 0 radical (unpaired) electrons. The average molecular weight is 360 g/mol. The van der Waals surface area contributed by atoms with Gasteiger partial charge < -0.3 is 0 Å². The highest BCUT2D eigenvalue weighted by Gasteiger charge is 2.17. The van der Waals surface area contributed by atoms with Crippen LogP contribution in [0.15, 0.2) is 59.5 Å². The summed E-state index contributed by atoms with van der Waals surface area (Å²) < 4.78 is 28.4. The Morgan fingerprint density at radius 2 is 1.76 bits per heavy atom. The Labute approximate surface area is 142 Å². The molecule has 3 rings (SSSR count). The minimum Gasteiger partial charge on any atom is -0.258 e. The Morgan fingerprint density at radius 3 is 2.40 bits per heavy atom. The maximum absolute atomic E-state index is 12.3. The van der Waals surface area contributed by atoms with Crippen LogP contribution in [0.25, 0.3) is 5.69 Å². The van der Waals surface area contributed by atoms with Gasteiger partial charge in [-0.15, -0.1) is 5.10 Å². The van der Waals surface area contributed by atoms with Crippen molar-refractivity contribution in [2.45, 2.75) is 11.4 Å². The zero-order valence-electron chi connectivity index (χ0n) is 12.7. The topological polar surface area (TPSA) is 133 Å². The molecular formula is C14H12N6O4S. The van der Waals surface area contributed by atoms with Crippen LogP contribution in [-0.4, -0.2) is 33.5 Å². The van der Waals surface area contributed by atoms with Crippen LogP contribution in [0, 0.1) is 10.1 Å². The fraction of sp³-hybridized carbons (Fsp3) is 0.0714. The van der Waals surface area contributed by atoms with E-state index in [4.69, 9.17) is 0 Å². The molecule has 0 amide bonds. The second-order valence-electron chi connectivity index (χ2n) is 4.92. The molecule has 0 atom stereocenters. The van der Waals surface area contributed by atoms with Crippen molar-refractivity contribution in [2.24, 2.45) is 0 Å². The largest absolute Gasteiger partial charge is 0.269 e. The minimum atomic E-state index is -3.86. The summed E-state index contributed by atoms with van der Waals surface area (Å²) in [4.78, 5) is 9.95. The first-order valence-corrected chi connectivity index (χ1v) is 8.52. The van der Waals surface area contributed by atoms with E-state index < -0.39 is 14.9 Å². The first kappa shape index (κ1) is 16.7. The molecule has 0 saturated heterocycles. The van der Waals surface area contributed by atoms with Gasteiger partial charge in [0.2, 0.25) is 10.0 Å². The molecule has 128 valence electrons. The van der Waals surface area contributed by atoms with E-state index in [9.17, 15) is 18.5 Å². The van der Waals surface area contributed by atoms with Crippen molar-refractivity contribution in [3.8, 4) is 5.69 Å². The molecule has 25 heavy (non-hydrogen) atoms. The minimum absolute atomic E-state index is 0.0863. The SMILES string of the molecule is O=[N+]([O-])c1ccc(S(=O)(=O)NCc2nnnn2-c2ccccc2)cc1. The van der Waals surface area contributed by atoms with Crippen LogP contribution in [0.2, 0.25) is 0 Å². The van der Waals surface area contributed by atoms with Crippen LogP contribution < -0.4 is 4.72 Å². The quantitative estimate of drug-likeness (QED) is 0.513. The molecule has 3 aromatic rings. The van der Waals surface area contributed by atoms with Gasteiger partial charge in [0.1, 0.15) is 0 Å². The Morgan fingerprint density at radius 1 is 1.08 bits per heavy atom. The van der Waals surface area contributed by atoms with Gasteiger partial charge >= 0.3 is 0 Å². The number of aromatic nitrogens is 4. The summed E-state index contributed by atoms with van der Waals surface area (Å²) in [6, 6.07) is 13.6. The third kappa shape index (κ3) is 3.67. The predicted molar refractivity (Wildman–Crippen MR) is 86.3 cm³/mol. The lowest BCUT2D eigenvalue weighted by Gasteiger charge is -2.07. The maximum Gasteiger partial charge on any atom is 0.269 e. The van der Waals surface area contributed by atoms with E-state index in [0.717, 1.165) is 12.1 Å². The molecular weight excluding hydrogens is 348 g/mol. The molecule has 0 aliphatic heterocycles. The molecule has 1 aromatic heterocycles. The van der Waals surface area contributed by atoms with Crippen molar-refractivity contribution in [3.63, 3.8) is 0 Å². The first-order valence-electron chi connectivity index (χ1n) is 7.04. The molecule has 0 aliphatic carbocycles. The highest BCUT2D eigenvalue weighted by Crippen LogP contribution is 2.16. The molecule has 0 saturated carbocycles. The lowest BCUT2D eigenvalue weighted by molar-refractivity contribution is -0.384. The number of hydrogen-bond acceptors (Lipinski definition) is 7. The zero-order chi connectivity index (χ0) is 17.9. The maximum atomic E-state index is 12.3. The molecule has 11 heteroatoms. The number of hydrogen-bond donors (Lipinski definition) is 1. The molecule has 0 unspecified atom stereocenters. The second kappa shape index (κ2) is 6.75. The monoisotopic (exact) mass is 360 g/mol. The third-order valence-corrected chi connectivity index (χ3v) is 4.73. The summed E-state index contributed by atoms with van der Waals surface area (Å²) in [6.45, 7) is -0.138. The van der Waals surface area contributed by atoms with Crippen LogP contribution in [0.4, 0.5) is 5.69 Å². The molecule has 0 aliphatic rings. The number of nitrogens with one attached hydrogen (secondary N) is 1. The fourth-order valence-corrected chi connectivity index (χ4v) is 3.06. The van der Waals surface area contributed by atoms with Crippen molar-refractivity contribution in [1.29, 1.82) is 0 Å². The Balaban J connectivity index is 1.77. The van der Waals surface area contributed by atoms with Gasteiger partial charge in [-0.2, -0.15) is 4.68 Å². The number of non-ortho nitro benzene ring substituents is 1. The summed E-state index contributed by atoms with van der Waals surface area (Å²) in [5.74, 6) is 0.302. The summed E-state index contributed by atoms with van der Waals surface area (Å²) in [7, 11) is -3.86. The predicted octanol–water partition coefficient (Wildman–Crippen LogP) is 1.05. The highest BCUT2D eigenvalue weighted by molar-refractivity contribution is 7.89. The van der Waals surface area contributed by atoms with Gasteiger partial charge in [0, 0.05) is 12.1 Å². The molecule has 10 nitrogen and oxygen atoms in total. The third-order valence-electron chi connectivity index (χ3n) is 3.31. The Hall–Kier alpha value is -3.18. The molecule has 1 N–H and O–H groups in total. The molecule has 0 spiro atoms. The summed E-state index contributed by atoms with van der Waals surface area (Å²) in [5, 5.41) is 21.8. The van der Waals surface area contributed by atoms with Crippen molar-refractivity contribution in [2.75, 3.05) is 0 Å². The number of nitro benzene ring substituents is 1. The smallest absolute Gasteiger partial charge is 0.258 e. The van der Waals surface area contributed by atoms with E-state index in [1.165, 1.54) is 16.8 Å². The number of benzene rings is 2. The Kier molecular flexibility index (Phi) is 4.50. The standard InChI is InChI=1S/C14H12N6O4S/c21-20(22)12-6-8-13(9-7-12)25(23,24)15-10-14-16-17-18-19(14)11-4-2-1-3-5-11/h1-9,15H,10H2. The van der Waals surface area contributed by atoms with Crippen molar-refractivity contribution < 1.29 is 13.3 Å². The van der Waals surface area contributed by atoms with Crippen LogP contribution in [0.5, 0.6) is 0 Å². The van der Waals surface area contributed by atoms with Gasteiger partial charge in [-0.1, -0.05) is 18.2 Å². The Bertz CT molecular complexity index is 986. The number of sulfonamides is 1. The lowest BCUT2D eigenvalue weighted by Crippen LogP contribution is -2.25. The van der Waals surface area contributed by atoms with E-state index >= 15 is 0 Å². The van der Waals surface area contributed by atoms with Gasteiger partial charge in [-0.05, 0) is 34.7 Å². The number of nitro groups is 1. The summed E-state index contributed by atoms with van der Waals surface area (Å²) >= 11 is 0. The molecule has 1 heterocycles. The van der Waals surface area contributed by atoms with Gasteiger partial charge in [0.05, 0.1) is 22.1 Å². The summed E-state index contributed by atoms with van der Waals surface area (Å²) in [5.41, 5.74) is 0.504. The number of rotatable bonds is 6. The van der Waals surface area contributed by atoms with E-state index in [1.54, 1.807) is 12.1 Å². The molecule has 2 aromatic carbocycles. The van der Waals surface area contributed by atoms with Crippen LogP contribution >= 0.6 is 0 Å². The molecule has 0 fully saturated rings. The van der Waals surface area contributed by atoms with E-state index in [1.807, 2.05) is 18.2 Å². The average Bonchev–Trinajstić information content (AvgIpc) is 3.09. The van der Waals surface area contributed by atoms with Crippen molar-refractivity contribution in [3.05, 3.63) is 70.5 Å². The van der Waals surface area contributed by atoms with E-state index in [0.29, 0.717) is 11.5 Å². The van der Waals surface area contributed by atoms with E-state index in [2.05, 4.69) is 20.2 Å². The normalized spacial score (nSPS) is 11.4. The van der Waals surface area contributed by atoms with Gasteiger partial charge in [0.25, 0.3) is 5.69 Å². The van der Waals surface area contributed by atoms with Crippen molar-refractivity contribution >= 4 is 15.7 Å². The number of tetrazole rings is 1. The van der Waals surface area contributed by atoms with Gasteiger partial charge in [0.15, 0.2) is 5.82 Å². The van der Waals surface area contributed by atoms with Crippen molar-refractivity contribution in [1.82, 2.24) is 24.9 Å². The highest BCUT2D eigenvalue weighted by atomic mass is 32.2. The fourth-order valence-electron chi connectivity index (χ4n) is 2.08. The van der Waals surface area contributed by atoms with E-state index in [-0.39, 0.29) is 17.1 Å².